The summed E-state index contributed by atoms with van der Waals surface area (Å²) in [5.74, 6) is 0.00883. The van der Waals surface area contributed by atoms with Gasteiger partial charge in [-0.3, -0.25) is 0 Å². The normalized spacial score (nSPS) is 11.1. The van der Waals surface area contributed by atoms with Crippen molar-refractivity contribution < 1.29 is 9.50 Å². The molecule has 0 radical (unpaired) electrons. The fourth-order valence-electron chi connectivity index (χ4n) is 2.39. The second-order valence-corrected chi connectivity index (χ2v) is 5.80. The highest BCUT2D eigenvalue weighted by molar-refractivity contribution is 9.10. The first-order valence-corrected chi connectivity index (χ1v) is 6.99. The summed E-state index contributed by atoms with van der Waals surface area (Å²) in [6, 6.07) is 8.49. The van der Waals surface area contributed by atoms with Gasteiger partial charge in [0.05, 0.1) is 0 Å². The average Bonchev–Trinajstić information content (AvgIpc) is 2.31. The van der Waals surface area contributed by atoms with E-state index in [0.717, 1.165) is 11.1 Å². The van der Waals surface area contributed by atoms with Crippen LogP contribution in [0.25, 0.3) is 11.1 Å². The van der Waals surface area contributed by atoms with Crippen molar-refractivity contribution in [1.29, 1.82) is 0 Å². The van der Waals surface area contributed by atoms with Gasteiger partial charge >= 0.3 is 0 Å². The van der Waals surface area contributed by atoms with Crippen molar-refractivity contribution in [2.24, 2.45) is 0 Å². The number of benzene rings is 2. The van der Waals surface area contributed by atoms with Gasteiger partial charge in [-0.1, -0.05) is 48.0 Å². The van der Waals surface area contributed by atoms with Gasteiger partial charge < -0.3 is 5.11 Å². The number of halogens is 2. The van der Waals surface area contributed by atoms with E-state index in [9.17, 15) is 9.50 Å². The van der Waals surface area contributed by atoms with Crippen LogP contribution in [0.1, 0.15) is 30.9 Å². The molecule has 0 aliphatic rings. The summed E-state index contributed by atoms with van der Waals surface area (Å²) in [6.45, 7) is 5.99. The minimum atomic E-state index is -0.344. The Bertz CT molecular complexity index is 600. The molecule has 0 bridgehead atoms. The second-order valence-electron chi connectivity index (χ2n) is 4.94. The monoisotopic (exact) mass is 322 g/mol. The van der Waals surface area contributed by atoms with Crippen molar-refractivity contribution in [3.8, 4) is 16.9 Å². The molecule has 0 heterocycles. The van der Waals surface area contributed by atoms with Gasteiger partial charge in [-0.25, -0.2) is 4.39 Å². The zero-order valence-corrected chi connectivity index (χ0v) is 12.8. The molecule has 2 aromatic rings. The lowest BCUT2D eigenvalue weighted by Gasteiger charge is -2.16. The van der Waals surface area contributed by atoms with Crippen molar-refractivity contribution in [2.75, 3.05) is 0 Å². The first-order valence-electron chi connectivity index (χ1n) is 6.20. The predicted octanol–water partition coefficient (Wildman–Crippen LogP) is 5.39. The SMILES string of the molecule is Cc1ccc(-c2c(F)cccc2Br)c(O)c1C(C)C. The third kappa shape index (κ3) is 2.52. The molecule has 0 unspecified atom stereocenters. The summed E-state index contributed by atoms with van der Waals surface area (Å²) in [5, 5.41) is 10.5. The maximum absolute atomic E-state index is 14.0. The summed E-state index contributed by atoms with van der Waals surface area (Å²) < 4.78 is 14.6. The Kier molecular flexibility index (Phi) is 3.95. The quantitative estimate of drug-likeness (QED) is 0.785. The molecule has 0 saturated heterocycles. The standard InChI is InChI=1S/C16H16BrFO/c1-9(2)14-10(3)7-8-11(16(14)19)15-12(17)5-4-6-13(15)18/h4-9,19H,1-3H3. The molecule has 0 aromatic heterocycles. The molecule has 3 heteroatoms. The topological polar surface area (TPSA) is 20.2 Å². The first kappa shape index (κ1) is 14.1. The van der Waals surface area contributed by atoms with Crippen LogP contribution in [0.2, 0.25) is 0 Å². The maximum Gasteiger partial charge on any atom is 0.132 e. The number of aromatic hydroxyl groups is 1. The molecule has 0 amide bonds. The van der Waals surface area contributed by atoms with Crippen LogP contribution in [-0.2, 0) is 0 Å². The summed E-state index contributed by atoms with van der Waals surface area (Å²) in [6.07, 6.45) is 0. The third-order valence-electron chi connectivity index (χ3n) is 3.24. The number of hydrogen-bond donors (Lipinski definition) is 1. The molecule has 1 nitrogen and oxygen atoms in total. The molecule has 0 aliphatic heterocycles. The Labute approximate surface area is 121 Å². The Morgan fingerprint density at radius 3 is 2.42 bits per heavy atom. The molecule has 0 atom stereocenters. The summed E-state index contributed by atoms with van der Waals surface area (Å²) in [7, 11) is 0. The number of hydrogen-bond acceptors (Lipinski definition) is 1. The molecule has 0 spiro atoms. The van der Waals surface area contributed by atoms with Gasteiger partial charge in [0.25, 0.3) is 0 Å². The van der Waals surface area contributed by atoms with Crippen molar-refractivity contribution in [1.82, 2.24) is 0 Å². The van der Waals surface area contributed by atoms with Crippen LogP contribution in [0.3, 0.4) is 0 Å². The first-order chi connectivity index (χ1) is 8.93. The smallest absolute Gasteiger partial charge is 0.132 e. The number of phenolic OH excluding ortho intramolecular Hbond substituents is 1. The lowest BCUT2D eigenvalue weighted by molar-refractivity contribution is 0.465. The molecule has 0 fully saturated rings. The summed E-state index contributed by atoms with van der Waals surface area (Å²) in [5.41, 5.74) is 2.82. The van der Waals surface area contributed by atoms with Crippen LogP contribution in [0, 0.1) is 12.7 Å². The number of rotatable bonds is 2. The molecule has 0 aliphatic carbocycles. The maximum atomic E-state index is 14.0. The van der Waals surface area contributed by atoms with Crippen molar-refractivity contribution in [2.45, 2.75) is 26.7 Å². The van der Waals surface area contributed by atoms with Gasteiger partial charge in [0, 0.05) is 15.6 Å². The van der Waals surface area contributed by atoms with Crippen LogP contribution in [0.4, 0.5) is 4.39 Å². The zero-order chi connectivity index (χ0) is 14.2. The summed E-state index contributed by atoms with van der Waals surface area (Å²) >= 11 is 3.35. The molecular weight excluding hydrogens is 307 g/mol. The Hall–Kier alpha value is -1.35. The molecule has 0 saturated carbocycles. The van der Waals surface area contributed by atoms with Gasteiger partial charge in [0.2, 0.25) is 0 Å². The van der Waals surface area contributed by atoms with E-state index in [4.69, 9.17) is 0 Å². The van der Waals surface area contributed by atoms with E-state index >= 15 is 0 Å². The van der Waals surface area contributed by atoms with Crippen LogP contribution < -0.4 is 0 Å². The van der Waals surface area contributed by atoms with E-state index in [0.29, 0.717) is 15.6 Å². The van der Waals surface area contributed by atoms with E-state index in [2.05, 4.69) is 15.9 Å². The van der Waals surface area contributed by atoms with Crippen molar-refractivity contribution in [3.05, 3.63) is 51.7 Å². The van der Waals surface area contributed by atoms with Gasteiger partial charge in [-0.05, 0) is 36.1 Å². The van der Waals surface area contributed by atoms with E-state index in [1.54, 1.807) is 18.2 Å². The number of aryl methyl sites for hydroxylation is 1. The molecular formula is C16H16BrFO. The largest absolute Gasteiger partial charge is 0.507 e. The second kappa shape index (κ2) is 5.33. The number of phenols is 1. The van der Waals surface area contributed by atoms with Crippen molar-refractivity contribution >= 4 is 15.9 Å². The minimum absolute atomic E-state index is 0.167. The highest BCUT2D eigenvalue weighted by atomic mass is 79.9. The van der Waals surface area contributed by atoms with Gasteiger partial charge in [-0.2, -0.15) is 0 Å². The lowest BCUT2D eigenvalue weighted by Crippen LogP contribution is -1.96. The van der Waals surface area contributed by atoms with Crippen LogP contribution >= 0.6 is 15.9 Å². The Morgan fingerprint density at radius 1 is 1.16 bits per heavy atom. The van der Waals surface area contributed by atoms with E-state index in [-0.39, 0.29) is 17.5 Å². The van der Waals surface area contributed by atoms with Crippen LogP contribution in [0.15, 0.2) is 34.8 Å². The molecule has 19 heavy (non-hydrogen) atoms. The highest BCUT2D eigenvalue weighted by Gasteiger charge is 2.18. The fourth-order valence-corrected chi connectivity index (χ4v) is 2.95. The van der Waals surface area contributed by atoms with E-state index < -0.39 is 0 Å². The molecule has 100 valence electrons. The van der Waals surface area contributed by atoms with Crippen LogP contribution in [-0.4, -0.2) is 5.11 Å². The van der Waals surface area contributed by atoms with Gasteiger partial charge in [-0.15, -0.1) is 0 Å². The lowest BCUT2D eigenvalue weighted by atomic mass is 9.91. The fraction of sp³-hybridized carbons (Fsp3) is 0.250. The highest BCUT2D eigenvalue weighted by Crippen LogP contribution is 2.41. The van der Waals surface area contributed by atoms with Gasteiger partial charge in [0.1, 0.15) is 11.6 Å². The molecule has 2 rings (SSSR count). The Morgan fingerprint density at radius 2 is 1.84 bits per heavy atom. The Balaban J connectivity index is 2.74. The third-order valence-corrected chi connectivity index (χ3v) is 3.91. The minimum Gasteiger partial charge on any atom is -0.507 e. The predicted molar refractivity (Wildman–Crippen MR) is 80.0 cm³/mol. The molecule has 2 aromatic carbocycles. The van der Waals surface area contributed by atoms with Gasteiger partial charge in [0.15, 0.2) is 0 Å². The van der Waals surface area contributed by atoms with Crippen molar-refractivity contribution in [3.63, 3.8) is 0 Å². The molecule has 1 N–H and O–H groups in total. The zero-order valence-electron chi connectivity index (χ0n) is 11.2. The van der Waals surface area contributed by atoms with E-state index in [1.165, 1.54) is 6.07 Å². The average molecular weight is 323 g/mol. The van der Waals surface area contributed by atoms with Crippen LogP contribution in [0.5, 0.6) is 5.75 Å². The van der Waals surface area contributed by atoms with E-state index in [1.807, 2.05) is 26.8 Å². The summed E-state index contributed by atoms with van der Waals surface area (Å²) in [4.78, 5) is 0.